The molecule has 0 heterocycles. The van der Waals surface area contributed by atoms with Crippen molar-refractivity contribution in [1.29, 1.82) is 0 Å². The van der Waals surface area contributed by atoms with Gasteiger partial charge in [0.25, 0.3) is 0 Å². The highest BCUT2D eigenvalue weighted by Gasteiger charge is 2.08. The fourth-order valence-electron chi connectivity index (χ4n) is 1.58. The van der Waals surface area contributed by atoms with E-state index in [2.05, 4.69) is 26.1 Å². The summed E-state index contributed by atoms with van der Waals surface area (Å²) in [4.78, 5) is 0. The molecule has 0 fully saturated rings. The van der Waals surface area contributed by atoms with Crippen LogP contribution < -0.4 is 10.1 Å². The monoisotopic (exact) mass is 251 g/mol. The number of rotatable bonds is 8. The molecule has 1 aromatic rings. The molecule has 0 aliphatic heterocycles. The molecule has 0 spiro atoms. The quantitative estimate of drug-likeness (QED) is 0.746. The fraction of sp³-hybridized carbons (Fsp3) is 0.600. The smallest absolute Gasteiger partial charge is 0.119 e. The van der Waals surface area contributed by atoms with E-state index in [0.717, 1.165) is 30.8 Å². The van der Waals surface area contributed by atoms with Gasteiger partial charge in [-0.05, 0) is 37.5 Å². The van der Waals surface area contributed by atoms with E-state index in [0.29, 0.717) is 12.6 Å². The zero-order valence-electron chi connectivity index (χ0n) is 11.6. The summed E-state index contributed by atoms with van der Waals surface area (Å²) in [6.45, 7) is 7.65. The summed E-state index contributed by atoms with van der Waals surface area (Å²) < 4.78 is 5.51. The fourth-order valence-corrected chi connectivity index (χ4v) is 1.58. The van der Waals surface area contributed by atoms with Crippen LogP contribution in [0.2, 0.25) is 0 Å². The third kappa shape index (κ3) is 5.07. The van der Waals surface area contributed by atoms with Gasteiger partial charge in [0.05, 0.1) is 12.7 Å². The normalized spacial score (nSPS) is 14.2. The number of ether oxygens (including phenoxy) is 1. The maximum atomic E-state index is 10.0. The molecule has 0 aromatic heterocycles. The van der Waals surface area contributed by atoms with Gasteiger partial charge in [0.15, 0.2) is 0 Å². The molecule has 18 heavy (non-hydrogen) atoms. The first-order chi connectivity index (χ1) is 8.67. The first kappa shape index (κ1) is 15.0. The molecule has 0 radical (unpaired) electrons. The predicted octanol–water partition coefficient (Wildman–Crippen LogP) is 2.90. The van der Waals surface area contributed by atoms with Gasteiger partial charge in [0.2, 0.25) is 0 Å². The van der Waals surface area contributed by atoms with E-state index in [1.165, 1.54) is 0 Å². The van der Waals surface area contributed by atoms with E-state index < -0.39 is 6.10 Å². The Bertz CT molecular complexity index is 324. The Hall–Kier alpha value is -1.06. The van der Waals surface area contributed by atoms with Crippen LogP contribution in [0.5, 0.6) is 5.75 Å². The molecule has 2 N–H and O–H groups in total. The summed E-state index contributed by atoms with van der Waals surface area (Å²) in [6, 6.07) is 8.11. The Balaban J connectivity index is 2.45. The zero-order chi connectivity index (χ0) is 13.4. The molecular weight excluding hydrogens is 226 g/mol. The first-order valence-electron chi connectivity index (χ1n) is 6.81. The van der Waals surface area contributed by atoms with Gasteiger partial charge in [-0.15, -0.1) is 0 Å². The van der Waals surface area contributed by atoms with Crippen molar-refractivity contribution < 1.29 is 9.84 Å². The van der Waals surface area contributed by atoms with Crippen molar-refractivity contribution in [2.45, 2.75) is 45.8 Å². The lowest BCUT2D eigenvalue weighted by molar-refractivity contribution is 0.170. The molecule has 3 nitrogen and oxygen atoms in total. The minimum atomic E-state index is -0.459. The third-order valence-electron chi connectivity index (χ3n) is 3.01. The van der Waals surface area contributed by atoms with Crippen LogP contribution in [-0.4, -0.2) is 24.3 Å². The minimum absolute atomic E-state index is 0.437. The first-order valence-corrected chi connectivity index (χ1v) is 6.81. The molecule has 1 rings (SSSR count). The van der Waals surface area contributed by atoms with Gasteiger partial charge in [-0.3, -0.25) is 0 Å². The predicted molar refractivity (Wildman–Crippen MR) is 74.9 cm³/mol. The molecule has 3 heteroatoms. The Morgan fingerprint density at radius 1 is 1.22 bits per heavy atom. The molecule has 1 aromatic carbocycles. The lowest BCUT2D eigenvalue weighted by atomic mass is 10.1. The second-order valence-corrected chi connectivity index (χ2v) is 4.65. The maximum absolute atomic E-state index is 10.0. The molecule has 0 amide bonds. The maximum Gasteiger partial charge on any atom is 0.119 e. The van der Waals surface area contributed by atoms with Crippen molar-refractivity contribution in [3.63, 3.8) is 0 Å². The number of benzene rings is 1. The van der Waals surface area contributed by atoms with E-state index in [-0.39, 0.29) is 0 Å². The number of aliphatic hydroxyl groups is 1. The highest BCUT2D eigenvalue weighted by Crippen LogP contribution is 2.17. The summed E-state index contributed by atoms with van der Waals surface area (Å²) in [6.07, 6.45) is 1.61. The van der Waals surface area contributed by atoms with E-state index in [4.69, 9.17) is 4.74 Å². The highest BCUT2D eigenvalue weighted by atomic mass is 16.5. The van der Waals surface area contributed by atoms with Crippen LogP contribution in [0.3, 0.4) is 0 Å². The molecule has 0 aliphatic rings. The van der Waals surface area contributed by atoms with Crippen LogP contribution in [-0.2, 0) is 0 Å². The van der Waals surface area contributed by atoms with E-state index in [1.54, 1.807) is 0 Å². The van der Waals surface area contributed by atoms with Crippen molar-refractivity contribution >= 4 is 0 Å². The number of aliphatic hydroxyl groups excluding tert-OH is 1. The van der Waals surface area contributed by atoms with Gasteiger partial charge in [-0.25, -0.2) is 0 Å². The Labute approximate surface area is 110 Å². The average Bonchev–Trinajstić information content (AvgIpc) is 2.42. The molecule has 0 saturated carbocycles. The second kappa shape index (κ2) is 8.11. The molecule has 2 atom stereocenters. The van der Waals surface area contributed by atoms with Gasteiger partial charge in [0, 0.05) is 12.6 Å². The molecule has 0 bridgehead atoms. The molecule has 2 unspecified atom stereocenters. The van der Waals surface area contributed by atoms with Gasteiger partial charge in [0.1, 0.15) is 5.75 Å². The third-order valence-corrected chi connectivity index (χ3v) is 3.01. The number of nitrogens with one attached hydrogen (secondary N) is 1. The molecular formula is C15H25NO2. The summed E-state index contributed by atoms with van der Waals surface area (Å²) in [7, 11) is 0. The zero-order valence-corrected chi connectivity index (χ0v) is 11.6. The average molecular weight is 251 g/mol. The highest BCUT2D eigenvalue weighted by molar-refractivity contribution is 5.28. The van der Waals surface area contributed by atoms with Crippen molar-refractivity contribution in [2.24, 2.45) is 0 Å². The van der Waals surface area contributed by atoms with Crippen molar-refractivity contribution in [2.75, 3.05) is 13.2 Å². The number of hydrogen-bond donors (Lipinski definition) is 2. The Kier molecular flexibility index (Phi) is 6.76. The number of hydrogen-bond acceptors (Lipinski definition) is 3. The van der Waals surface area contributed by atoms with Crippen molar-refractivity contribution in [1.82, 2.24) is 5.32 Å². The van der Waals surface area contributed by atoms with E-state index >= 15 is 0 Å². The minimum Gasteiger partial charge on any atom is -0.494 e. The van der Waals surface area contributed by atoms with Crippen LogP contribution in [0.1, 0.15) is 45.3 Å². The lowest BCUT2D eigenvalue weighted by Crippen LogP contribution is -2.29. The van der Waals surface area contributed by atoms with Crippen molar-refractivity contribution in [3.8, 4) is 5.75 Å². The molecule has 0 saturated heterocycles. The standard InChI is InChI=1S/C15H25NO2/c1-4-10-18-14-8-6-13(7-9-14)15(17)11-16-12(3)5-2/h6-9,12,15-17H,4-5,10-11H2,1-3H3. The van der Waals surface area contributed by atoms with Crippen LogP contribution in [0.25, 0.3) is 0 Å². The summed E-state index contributed by atoms with van der Waals surface area (Å²) in [5, 5.41) is 13.3. The van der Waals surface area contributed by atoms with E-state index in [9.17, 15) is 5.11 Å². The SMILES string of the molecule is CCCOc1ccc(C(O)CNC(C)CC)cc1. The van der Waals surface area contributed by atoms with Crippen LogP contribution in [0.15, 0.2) is 24.3 Å². The molecule has 102 valence electrons. The summed E-state index contributed by atoms with van der Waals surface area (Å²) in [5.74, 6) is 0.864. The molecule has 0 aliphatic carbocycles. The van der Waals surface area contributed by atoms with Gasteiger partial charge in [-0.1, -0.05) is 26.0 Å². The van der Waals surface area contributed by atoms with Crippen LogP contribution in [0, 0.1) is 0 Å². The van der Waals surface area contributed by atoms with Crippen molar-refractivity contribution in [3.05, 3.63) is 29.8 Å². The summed E-state index contributed by atoms with van der Waals surface area (Å²) in [5.41, 5.74) is 0.926. The van der Waals surface area contributed by atoms with E-state index in [1.807, 2.05) is 24.3 Å². The van der Waals surface area contributed by atoms with Gasteiger partial charge >= 0.3 is 0 Å². The Morgan fingerprint density at radius 2 is 1.89 bits per heavy atom. The Morgan fingerprint density at radius 3 is 2.44 bits per heavy atom. The van der Waals surface area contributed by atoms with Gasteiger partial charge < -0.3 is 15.2 Å². The lowest BCUT2D eigenvalue weighted by Gasteiger charge is -2.16. The van der Waals surface area contributed by atoms with Gasteiger partial charge in [-0.2, -0.15) is 0 Å². The van der Waals surface area contributed by atoms with Crippen LogP contribution in [0.4, 0.5) is 0 Å². The second-order valence-electron chi connectivity index (χ2n) is 4.65. The largest absolute Gasteiger partial charge is 0.494 e. The topological polar surface area (TPSA) is 41.5 Å². The van der Waals surface area contributed by atoms with Crippen LogP contribution >= 0.6 is 0 Å². The summed E-state index contributed by atoms with van der Waals surface area (Å²) >= 11 is 0.